The van der Waals surface area contributed by atoms with Gasteiger partial charge in [0.25, 0.3) is 0 Å². The zero-order valence-corrected chi connectivity index (χ0v) is 13.4. The summed E-state index contributed by atoms with van der Waals surface area (Å²) in [6.45, 7) is 0.697. The van der Waals surface area contributed by atoms with Gasteiger partial charge in [-0.25, -0.2) is 4.98 Å². The van der Waals surface area contributed by atoms with E-state index in [4.69, 9.17) is 5.73 Å². The summed E-state index contributed by atoms with van der Waals surface area (Å²) in [7, 11) is 0. The highest BCUT2D eigenvalue weighted by Crippen LogP contribution is 2.24. The van der Waals surface area contributed by atoms with Gasteiger partial charge in [0.1, 0.15) is 16.9 Å². The van der Waals surface area contributed by atoms with Crippen molar-refractivity contribution in [1.82, 2.24) is 20.4 Å². The van der Waals surface area contributed by atoms with E-state index in [1.165, 1.54) is 5.56 Å². The van der Waals surface area contributed by atoms with Gasteiger partial charge in [-0.05, 0) is 35.9 Å². The van der Waals surface area contributed by atoms with Gasteiger partial charge in [0, 0.05) is 12.2 Å². The first-order chi connectivity index (χ1) is 12.3. The number of H-pyrrole nitrogens is 1. The van der Waals surface area contributed by atoms with Gasteiger partial charge in [0.15, 0.2) is 5.82 Å². The van der Waals surface area contributed by atoms with Crippen LogP contribution in [-0.2, 0) is 6.54 Å². The van der Waals surface area contributed by atoms with Gasteiger partial charge >= 0.3 is 0 Å². The second-order valence-corrected chi connectivity index (χ2v) is 5.63. The number of fused-ring (bicyclic) bond motifs is 1. The van der Waals surface area contributed by atoms with E-state index < -0.39 is 0 Å². The summed E-state index contributed by atoms with van der Waals surface area (Å²) < 4.78 is 0. The molecule has 4 aromatic rings. The number of nitrogens with one attached hydrogen (secondary N) is 3. The second-order valence-electron chi connectivity index (χ2n) is 5.63. The molecule has 5 N–H and O–H groups in total. The Kier molecular flexibility index (Phi) is 3.88. The number of pyridine rings is 1. The van der Waals surface area contributed by atoms with Crippen molar-refractivity contribution in [2.24, 2.45) is 0 Å². The quantitative estimate of drug-likeness (QED) is 0.447. The maximum absolute atomic E-state index is 6.05. The number of anilines is 4. The fourth-order valence-corrected chi connectivity index (χ4v) is 2.51. The molecule has 0 fully saturated rings. The standard InChI is InChI=1S/C18H17N7/c19-14-7-9-17(20-11-12-4-2-1-3-5-12)22-18(14)21-13-6-8-15-16(10-13)24-25-23-15/h1-10H,11,19H2,(H2,20,21,22)(H,23,24,25). The molecule has 0 aliphatic rings. The van der Waals surface area contributed by atoms with Gasteiger partial charge in [-0.3, -0.25) is 0 Å². The Morgan fingerprint density at radius 2 is 1.76 bits per heavy atom. The molecule has 124 valence electrons. The van der Waals surface area contributed by atoms with Crippen LogP contribution < -0.4 is 16.4 Å². The topological polar surface area (TPSA) is 105 Å². The fraction of sp³-hybridized carbons (Fsp3) is 0.0556. The normalized spacial score (nSPS) is 10.7. The third-order valence-corrected chi connectivity index (χ3v) is 3.82. The maximum atomic E-state index is 6.05. The molecule has 0 radical (unpaired) electrons. The Morgan fingerprint density at radius 1 is 0.920 bits per heavy atom. The number of nitrogens with two attached hydrogens (primary N) is 1. The van der Waals surface area contributed by atoms with Crippen LogP contribution in [0.1, 0.15) is 5.56 Å². The molecule has 0 saturated carbocycles. The van der Waals surface area contributed by atoms with Crippen molar-refractivity contribution >= 4 is 34.0 Å². The number of aromatic amines is 1. The van der Waals surface area contributed by atoms with E-state index in [1.807, 2.05) is 48.5 Å². The summed E-state index contributed by atoms with van der Waals surface area (Å²) in [5.41, 5.74) is 10.2. The van der Waals surface area contributed by atoms with Crippen molar-refractivity contribution < 1.29 is 0 Å². The summed E-state index contributed by atoms with van der Waals surface area (Å²) in [5.74, 6) is 1.35. The van der Waals surface area contributed by atoms with Crippen LogP contribution in [0, 0.1) is 0 Å². The van der Waals surface area contributed by atoms with E-state index in [1.54, 1.807) is 0 Å². The first-order valence-electron chi connectivity index (χ1n) is 7.90. The molecule has 0 bridgehead atoms. The highest BCUT2D eigenvalue weighted by molar-refractivity contribution is 5.80. The van der Waals surface area contributed by atoms with Gasteiger partial charge in [-0.1, -0.05) is 30.3 Å². The fourth-order valence-electron chi connectivity index (χ4n) is 2.51. The monoisotopic (exact) mass is 331 g/mol. The average molecular weight is 331 g/mol. The maximum Gasteiger partial charge on any atom is 0.156 e. The molecular formula is C18H17N7. The Morgan fingerprint density at radius 3 is 2.64 bits per heavy atom. The number of benzene rings is 2. The minimum Gasteiger partial charge on any atom is -0.396 e. The third kappa shape index (κ3) is 3.35. The molecule has 0 amide bonds. The van der Waals surface area contributed by atoms with Crippen molar-refractivity contribution in [3.63, 3.8) is 0 Å². The van der Waals surface area contributed by atoms with E-state index in [2.05, 4.69) is 43.2 Å². The summed E-state index contributed by atoms with van der Waals surface area (Å²) in [4.78, 5) is 4.56. The molecule has 7 nitrogen and oxygen atoms in total. The van der Waals surface area contributed by atoms with Crippen LogP contribution in [0.4, 0.5) is 23.0 Å². The molecule has 0 saturated heterocycles. The van der Waals surface area contributed by atoms with Crippen LogP contribution in [0.15, 0.2) is 60.7 Å². The molecule has 0 aliphatic heterocycles. The van der Waals surface area contributed by atoms with E-state index in [0.717, 1.165) is 22.5 Å². The van der Waals surface area contributed by atoms with Crippen molar-refractivity contribution in [3.8, 4) is 0 Å². The van der Waals surface area contributed by atoms with Crippen molar-refractivity contribution in [2.75, 3.05) is 16.4 Å². The lowest BCUT2D eigenvalue weighted by atomic mass is 10.2. The van der Waals surface area contributed by atoms with Crippen molar-refractivity contribution in [3.05, 3.63) is 66.2 Å². The molecule has 2 heterocycles. The average Bonchev–Trinajstić information content (AvgIpc) is 3.11. The largest absolute Gasteiger partial charge is 0.396 e. The van der Waals surface area contributed by atoms with Crippen LogP contribution >= 0.6 is 0 Å². The van der Waals surface area contributed by atoms with Gasteiger partial charge in [0.05, 0.1) is 5.69 Å². The number of nitrogen functional groups attached to an aromatic ring is 1. The molecule has 2 aromatic heterocycles. The van der Waals surface area contributed by atoms with Crippen LogP contribution in [-0.4, -0.2) is 20.4 Å². The van der Waals surface area contributed by atoms with Crippen LogP contribution in [0.5, 0.6) is 0 Å². The third-order valence-electron chi connectivity index (χ3n) is 3.82. The first-order valence-corrected chi connectivity index (χ1v) is 7.90. The number of hydrogen-bond acceptors (Lipinski definition) is 6. The Bertz CT molecular complexity index is 995. The molecular weight excluding hydrogens is 314 g/mol. The zero-order valence-electron chi connectivity index (χ0n) is 13.4. The van der Waals surface area contributed by atoms with Gasteiger partial charge < -0.3 is 16.4 Å². The smallest absolute Gasteiger partial charge is 0.156 e. The molecule has 0 atom stereocenters. The molecule has 0 aliphatic carbocycles. The summed E-state index contributed by atoms with van der Waals surface area (Å²) in [6, 6.07) is 19.5. The van der Waals surface area contributed by atoms with Gasteiger partial charge in [-0.15, -0.1) is 0 Å². The molecule has 2 aromatic carbocycles. The van der Waals surface area contributed by atoms with Crippen LogP contribution in [0.2, 0.25) is 0 Å². The molecule has 0 spiro atoms. The van der Waals surface area contributed by atoms with Crippen LogP contribution in [0.25, 0.3) is 11.0 Å². The van der Waals surface area contributed by atoms with E-state index >= 15 is 0 Å². The van der Waals surface area contributed by atoms with Gasteiger partial charge in [-0.2, -0.15) is 15.4 Å². The van der Waals surface area contributed by atoms with E-state index in [0.29, 0.717) is 18.1 Å². The predicted molar refractivity (Wildman–Crippen MR) is 99.6 cm³/mol. The number of hydrogen-bond donors (Lipinski definition) is 4. The Labute approximate surface area is 144 Å². The molecule has 7 heteroatoms. The molecule has 4 rings (SSSR count). The Hall–Kier alpha value is -3.61. The first kappa shape index (κ1) is 14.9. The lowest BCUT2D eigenvalue weighted by Crippen LogP contribution is -2.05. The molecule has 25 heavy (non-hydrogen) atoms. The predicted octanol–water partition coefficient (Wildman–Crippen LogP) is 3.29. The highest BCUT2D eigenvalue weighted by atomic mass is 15.3. The minimum absolute atomic E-state index is 0.575. The lowest BCUT2D eigenvalue weighted by Gasteiger charge is -2.11. The van der Waals surface area contributed by atoms with E-state index in [-0.39, 0.29) is 0 Å². The summed E-state index contributed by atoms with van der Waals surface area (Å²) >= 11 is 0. The number of aromatic nitrogens is 4. The van der Waals surface area contributed by atoms with E-state index in [9.17, 15) is 0 Å². The van der Waals surface area contributed by atoms with Crippen molar-refractivity contribution in [2.45, 2.75) is 6.54 Å². The zero-order chi connectivity index (χ0) is 17.1. The van der Waals surface area contributed by atoms with Crippen molar-refractivity contribution in [1.29, 1.82) is 0 Å². The second kappa shape index (κ2) is 6.48. The SMILES string of the molecule is Nc1ccc(NCc2ccccc2)nc1Nc1ccc2n[nH]nc2c1. The molecule has 0 unspecified atom stereocenters. The van der Waals surface area contributed by atoms with Gasteiger partial charge in [0.2, 0.25) is 0 Å². The minimum atomic E-state index is 0.575. The summed E-state index contributed by atoms with van der Waals surface area (Å²) in [6.07, 6.45) is 0. The Balaban J connectivity index is 1.52. The lowest BCUT2D eigenvalue weighted by molar-refractivity contribution is 0.959. The van der Waals surface area contributed by atoms with Crippen LogP contribution in [0.3, 0.4) is 0 Å². The number of nitrogens with zero attached hydrogens (tertiary/aromatic N) is 3. The highest BCUT2D eigenvalue weighted by Gasteiger charge is 2.06. The number of rotatable bonds is 5. The summed E-state index contributed by atoms with van der Waals surface area (Å²) in [5, 5.41) is 17.3.